The number of carbonyl (C=O) groups is 3. The van der Waals surface area contributed by atoms with Crippen LogP contribution in [0.25, 0.3) is 0 Å². The van der Waals surface area contributed by atoms with E-state index in [1.165, 1.54) is 0 Å². The van der Waals surface area contributed by atoms with Gasteiger partial charge >= 0.3 is 6.09 Å². The summed E-state index contributed by atoms with van der Waals surface area (Å²) in [7, 11) is 0. The summed E-state index contributed by atoms with van der Waals surface area (Å²) >= 11 is 0. The van der Waals surface area contributed by atoms with Gasteiger partial charge in [0.25, 0.3) is 0 Å². The molecule has 126 valence electrons. The molecular formula is C14H26N4O4. The second kappa shape index (κ2) is 7.98. The fraction of sp³-hybridized carbons (Fsp3) is 0.786. The summed E-state index contributed by atoms with van der Waals surface area (Å²) in [5, 5.41) is 8.43. The van der Waals surface area contributed by atoms with Crippen LogP contribution < -0.4 is 21.7 Å². The van der Waals surface area contributed by atoms with Crippen LogP contribution >= 0.6 is 0 Å². The summed E-state index contributed by atoms with van der Waals surface area (Å²) < 4.78 is 5.10. The second-order valence-electron chi connectivity index (χ2n) is 6.40. The molecule has 0 aromatic carbocycles. The lowest BCUT2D eigenvalue weighted by Gasteiger charge is -2.27. The van der Waals surface area contributed by atoms with Crippen LogP contribution in [-0.4, -0.2) is 48.7 Å². The van der Waals surface area contributed by atoms with Crippen LogP contribution in [0.1, 0.15) is 40.0 Å². The number of rotatable bonds is 5. The molecule has 1 rings (SSSR count). The molecule has 1 aliphatic rings. The van der Waals surface area contributed by atoms with Crippen molar-refractivity contribution in [2.24, 2.45) is 5.73 Å². The van der Waals surface area contributed by atoms with E-state index in [9.17, 15) is 14.4 Å². The molecular weight excluding hydrogens is 288 g/mol. The molecule has 0 saturated carbocycles. The van der Waals surface area contributed by atoms with Gasteiger partial charge in [-0.15, -0.1) is 0 Å². The van der Waals surface area contributed by atoms with Crippen LogP contribution in [0.3, 0.4) is 0 Å². The maximum Gasteiger partial charge on any atom is 0.408 e. The molecule has 8 heteroatoms. The molecule has 0 aliphatic carbocycles. The Morgan fingerprint density at radius 3 is 2.36 bits per heavy atom. The minimum Gasteiger partial charge on any atom is -0.444 e. The molecule has 1 aliphatic heterocycles. The van der Waals surface area contributed by atoms with Crippen molar-refractivity contribution in [3.63, 3.8) is 0 Å². The number of carbonyl (C=O) groups excluding carboxylic acids is 3. The Bertz CT molecular complexity index is 414. The Labute approximate surface area is 130 Å². The predicted octanol–water partition coefficient (Wildman–Crippen LogP) is -0.377. The summed E-state index contributed by atoms with van der Waals surface area (Å²) in [6.45, 7) is 6.79. The third kappa shape index (κ3) is 7.26. The van der Waals surface area contributed by atoms with Gasteiger partial charge < -0.3 is 26.4 Å². The molecule has 1 fully saturated rings. The minimum absolute atomic E-state index is 0.0320. The van der Waals surface area contributed by atoms with E-state index in [1.54, 1.807) is 20.8 Å². The lowest BCUT2D eigenvalue weighted by Crippen LogP contribution is -2.53. The van der Waals surface area contributed by atoms with Gasteiger partial charge in [0.15, 0.2) is 0 Å². The van der Waals surface area contributed by atoms with E-state index in [-0.39, 0.29) is 12.5 Å². The van der Waals surface area contributed by atoms with E-state index in [4.69, 9.17) is 10.5 Å². The van der Waals surface area contributed by atoms with Gasteiger partial charge in [-0.25, -0.2) is 4.79 Å². The maximum absolute atomic E-state index is 12.2. The molecule has 8 nitrogen and oxygen atoms in total. The Morgan fingerprint density at radius 1 is 1.27 bits per heavy atom. The van der Waals surface area contributed by atoms with Crippen LogP contribution in [0.4, 0.5) is 4.79 Å². The van der Waals surface area contributed by atoms with Crippen LogP contribution in [0, 0.1) is 0 Å². The van der Waals surface area contributed by atoms with E-state index in [0.29, 0.717) is 0 Å². The Balaban J connectivity index is 2.59. The molecule has 1 saturated heterocycles. The molecule has 0 unspecified atom stereocenters. The van der Waals surface area contributed by atoms with Crippen molar-refractivity contribution in [1.29, 1.82) is 0 Å². The number of piperidine rings is 1. The van der Waals surface area contributed by atoms with Crippen molar-refractivity contribution in [3.8, 4) is 0 Å². The van der Waals surface area contributed by atoms with Gasteiger partial charge in [-0.2, -0.15) is 0 Å². The van der Waals surface area contributed by atoms with E-state index in [2.05, 4.69) is 16.0 Å². The highest BCUT2D eigenvalue weighted by Crippen LogP contribution is 2.08. The number of nitrogens with one attached hydrogen (secondary N) is 3. The number of hydrogen-bond donors (Lipinski definition) is 4. The maximum atomic E-state index is 12.2. The number of hydrogen-bond acceptors (Lipinski definition) is 5. The normalized spacial score (nSPS) is 17.4. The summed E-state index contributed by atoms with van der Waals surface area (Å²) in [6, 6.07) is -0.994. The molecule has 1 atom stereocenters. The first-order valence-electron chi connectivity index (χ1n) is 7.46. The lowest BCUT2D eigenvalue weighted by molar-refractivity contribution is -0.127. The van der Waals surface area contributed by atoms with E-state index in [0.717, 1.165) is 25.9 Å². The van der Waals surface area contributed by atoms with E-state index >= 15 is 0 Å². The predicted molar refractivity (Wildman–Crippen MR) is 81.0 cm³/mol. The van der Waals surface area contributed by atoms with Gasteiger partial charge in [-0.3, -0.25) is 9.59 Å². The Morgan fingerprint density at radius 2 is 1.86 bits per heavy atom. The zero-order valence-corrected chi connectivity index (χ0v) is 13.4. The zero-order valence-electron chi connectivity index (χ0n) is 13.4. The highest BCUT2D eigenvalue weighted by atomic mass is 16.6. The van der Waals surface area contributed by atoms with Crippen LogP contribution in [-0.2, 0) is 14.3 Å². The highest BCUT2D eigenvalue weighted by Gasteiger charge is 2.27. The van der Waals surface area contributed by atoms with Gasteiger partial charge in [0, 0.05) is 6.04 Å². The van der Waals surface area contributed by atoms with Crippen molar-refractivity contribution in [2.75, 3.05) is 13.1 Å². The Kier molecular flexibility index (Phi) is 6.61. The monoisotopic (exact) mass is 314 g/mol. The van der Waals surface area contributed by atoms with Crippen molar-refractivity contribution in [1.82, 2.24) is 16.0 Å². The minimum atomic E-state index is -1.03. The van der Waals surface area contributed by atoms with Crippen molar-refractivity contribution in [2.45, 2.75) is 57.7 Å². The summed E-state index contributed by atoms with van der Waals surface area (Å²) in [6.07, 6.45) is 0.595. The number of alkyl carbamates (subject to hydrolysis) is 1. The smallest absolute Gasteiger partial charge is 0.408 e. The molecule has 0 radical (unpaired) electrons. The standard InChI is InChI=1S/C14H26N4O4/c1-14(2,3)22-13(21)18-10(8-11(15)19)12(20)17-9-4-6-16-7-5-9/h9-10,16H,4-8H2,1-3H3,(H2,15,19)(H,17,20)(H,18,21)/t10-/m0/s1. The molecule has 0 bridgehead atoms. The molecule has 3 amide bonds. The number of amides is 3. The summed E-state index contributed by atoms with van der Waals surface area (Å²) in [5.74, 6) is -1.09. The van der Waals surface area contributed by atoms with Crippen LogP contribution in [0.15, 0.2) is 0 Å². The van der Waals surface area contributed by atoms with Gasteiger partial charge in [0.05, 0.1) is 6.42 Å². The molecule has 0 spiro atoms. The van der Waals surface area contributed by atoms with Gasteiger partial charge in [-0.1, -0.05) is 0 Å². The van der Waals surface area contributed by atoms with Crippen LogP contribution in [0.2, 0.25) is 0 Å². The van der Waals surface area contributed by atoms with Gasteiger partial charge in [0.1, 0.15) is 11.6 Å². The highest BCUT2D eigenvalue weighted by molar-refractivity contribution is 5.90. The molecule has 0 aromatic rings. The lowest BCUT2D eigenvalue weighted by atomic mass is 10.1. The second-order valence-corrected chi connectivity index (χ2v) is 6.40. The number of primary amides is 1. The van der Waals surface area contributed by atoms with Gasteiger partial charge in [-0.05, 0) is 46.7 Å². The summed E-state index contributed by atoms with van der Waals surface area (Å²) in [4.78, 5) is 35.1. The molecule has 1 heterocycles. The van der Waals surface area contributed by atoms with E-state index < -0.39 is 29.6 Å². The average molecular weight is 314 g/mol. The SMILES string of the molecule is CC(C)(C)OC(=O)N[C@@H](CC(N)=O)C(=O)NC1CCNCC1. The first-order valence-corrected chi connectivity index (χ1v) is 7.46. The third-order valence-corrected chi connectivity index (χ3v) is 3.10. The topological polar surface area (TPSA) is 123 Å². The van der Waals surface area contributed by atoms with E-state index in [1.807, 2.05) is 0 Å². The summed E-state index contributed by atoms with van der Waals surface area (Å²) in [5.41, 5.74) is 4.46. The first kappa shape index (κ1) is 18.2. The molecule has 22 heavy (non-hydrogen) atoms. The Hall–Kier alpha value is -1.83. The molecule has 0 aromatic heterocycles. The number of ether oxygens (including phenoxy) is 1. The zero-order chi connectivity index (χ0) is 16.8. The fourth-order valence-electron chi connectivity index (χ4n) is 2.13. The average Bonchev–Trinajstić information content (AvgIpc) is 2.36. The van der Waals surface area contributed by atoms with Crippen molar-refractivity contribution >= 4 is 17.9 Å². The largest absolute Gasteiger partial charge is 0.444 e. The third-order valence-electron chi connectivity index (χ3n) is 3.10. The van der Waals surface area contributed by atoms with Crippen molar-refractivity contribution < 1.29 is 19.1 Å². The first-order chi connectivity index (χ1) is 10.2. The number of nitrogens with two attached hydrogens (primary N) is 1. The van der Waals surface area contributed by atoms with Crippen LogP contribution in [0.5, 0.6) is 0 Å². The quantitative estimate of drug-likeness (QED) is 0.551. The molecule has 5 N–H and O–H groups in total. The van der Waals surface area contributed by atoms with Gasteiger partial charge in [0.2, 0.25) is 11.8 Å². The van der Waals surface area contributed by atoms with Crippen molar-refractivity contribution in [3.05, 3.63) is 0 Å². The fourth-order valence-corrected chi connectivity index (χ4v) is 2.13.